The number of aryl methyl sites for hydroxylation is 2. The lowest BCUT2D eigenvalue weighted by Gasteiger charge is -2.10. The van der Waals surface area contributed by atoms with Crippen molar-refractivity contribution < 1.29 is 13.2 Å². The molecule has 2 aromatic rings. The fourth-order valence-corrected chi connectivity index (χ4v) is 2.59. The van der Waals surface area contributed by atoms with Gasteiger partial charge in [-0.1, -0.05) is 11.6 Å². The highest BCUT2D eigenvalue weighted by Crippen LogP contribution is 2.27. The van der Waals surface area contributed by atoms with Gasteiger partial charge in [-0.05, 0) is 24.6 Å². The van der Waals surface area contributed by atoms with Gasteiger partial charge in [0.15, 0.2) is 0 Å². The van der Waals surface area contributed by atoms with Crippen LogP contribution in [0, 0.1) is 6.92 Å². The Morgan fingerprint density at radius 2 is 2.15 bits per heavy atom. The van der Waals surface area contributed by atoms with E-state index in [0.29, 0.717) is 10.7 Å². The summed E-state index contributed by atoms with van der Waals surface area (Å²) in [5.74, 6) is 0.116. The van der Waals surface area contributed by atoms with Gasteiger partial charge in [0.2, 0.25) is 10.0 Å². The Morgan fingerprint density at radius 3 is 2.70 bits per heavy atom. The number of halogens is 1. The van der Waals surface area contributed by atoms with Crippen LogP contribution in [0.4, 0.5) is 0 Å². The van der Waals surface area contributed by atoms with Crippen LogP contribution < -0.4 is 9.88 Å². The molecule has 0 unspecified atom stereocenters. The number of nitrogens with two attached hydrogens (primary N) is 1. The molecular formula is C12H14ClN3O3S. The number of sulfonamides is 1. The molecule has 0 radical (unpaired) electrons. The van der Waals surface area contributed by atoms with Gasteiger partial charge in [0.25, 0.3) is 0 Å². The summed E-state index contributed by atoms with van der Waals surface area (Å²) in [5.41, 5.74) is 1.67. The highest BCUT2D eigenvalue weighted by molar-refractivity contribution is 7.89. The SMILES string of the molecule is Cc1cn(C)nc1COc1cc(Cl)ccc1S(N)(=O)=O. The van der Waals surface area contributed by atoms with E-state index in [-0.39, 0.29) is 17.3 Å². The first kappa shape index (κ1) is 14.8. The lowest BCUT2D eigenvalue weighted by molar-refractivity contribution is 0.291. The van der Waals surface area contributed by atoms with Crippen LogP contribution in [0.1, 0.15) is 11.3 Å². The van der Waals surface area contributed by atoms with Gasteiger partial charge in [-0.25, -0.2) is 13.6 Å². The lowest BCUT2D eigenvalue weighted by Crippen LogP contribution is -2.14. The number of nitrogens with zero attached hydrogens (tertiary/aromatic N) is 2. The number of hydrogen-bond donors (Lipinski definition) is 1. The molecule has 20 heavy (non-hydrogen) atoms. The summed E-state index contributed by atoms with van der Waals surface area (Å²) in [6, 6.07) is 4.18. The predicted octanol–water partition coefficient (Wildman–Crippen LogP) is 1.61. The van der Waals surface area contributed by atoms with Crippen molar-refractivity contribution in [2.45, 2.75) is 18.4 Å². The first-order chi connectivity index (χ1) is 9.27. The number of aromatic nitrogens is 2. The normalized spacial score (nSPS) is 11.6. The summed E-state index contributed by atoms with van der Waals surface area (Å²) in [6.45, 7) is 2.03. The van der Waals surface area contributed by atoms with Crippen molar-refractivity contribution in [2.75, 3.05) is 0 Å². The van der Waals surface area contributed by atoms with Crippen molar-refractivity contribution >= 4 is 21.6 Å². The Bertz CT molecular complexity index is 740. The first-order valence-corrected chi connectivity index (χ1v) is 7.64. The highest BCUT2D eigenvalue weighted by Gasteiger charge is 2.16. The molecule has 1 aromatic heterocycles. The molecule has 1 heterocycles. The molecule has 0 aliphatic carbocycles. The molecule has 0 aliphatic rings. The van der Waals surface area contributed by atoms with Crippen LogP contribution in [0.5, 0.6) is 5.75 Å². The number of benzene rings is 1. The number of ether oxygens (including phenoxy) is 1. The van der Waals surface area contributed by atoms with E-state index < -0.39 is 10.0 Å². The minimum absolute atomic E-state index is 0.101. The van der Waals surface area contributed by atoms with Crippen LogP contribution in [-0.4, -0.2) is 18.2 Å². The van der Waals surface area contributed by atoms with Gasteiger partial charge in [-0.3, -0.25) is 4.68 Å². The molecule has 2 rings (SSSR count). The molecule has 108 valence electrons. The lowest BCUT2D eigenvalue weighted by atomic mass is 10.3. The second-order valence-corrected chi connectivity index (χ2v) is 6.32. The first-order valence-electron chi connectivity index (χ1n) is 5.71. The van der Waals surface area contributed by atoms with Crippen LogP contribution in [0.25, 0.3) is 0 Å². The molecule has 6 nitrogen and oxygen atoms in total. The van der Waals surface area contributed by atoms with Crippen molar-refractivity contribution in [2.24, 2.45) is 12.2 Å². The van der Waals surface area contributed by atoms with Crippen LogP contribution in [0.15, 0.2) is 29.3 Å². The molecule has 0 amide bonds. The molecule has 1 aromatic carbocycles. The quantitative estimate of drug-likeness (QED) is 0.928. The number of hydrogen-bond acceptors (Lipinski definition) is 4. The summed E-state index contributed by atoms with van der Waals surface area (Å²) < 4.78 is 30.1. The maximum Gasteiger partial charge on any atom is 0.241 e. The molecule has 0 bridgehead atoms. The van der Waals surface area contributed by atoms with E-state index >= 15 is 0 Å². The molecule has 0 fully saturated rings. The minimum atomic E-state index is -3.87. The number of primary sulfonamides is 1. The van der Waals surface area contributed by atoms with E-state index in [9.17, 15) is 8.42 Å². The van der Waals surface area contributed by atoms with Crippen molar-refractivity contribution in [3.63, 3.8) is 0 Å². The summed E-state index contributed by atoms with van der Waals surface area (Å²) in [7, 11) is -2.07. The molecule has 0 saturated carbocycles. The van der Waals surface area contributed by atoms with Gasteiger partial charge in [-0.15, -0.1) is 0 Å². The second-order valence-electron chi connectivity index (χ2n) is 4.36. The van der Waals surface area contributed by atoms with Gasteiger partial charge >= 0.3 is 0 Å². The molecule has 0 saturated heterocycles. The standard InChI is InChI=1S/C12H14ClN3O3S/c1-8-6-16(2)15-10(8)7-19-11-5-9(13)3-4-12(11)20(14,17)18/h3-6H,7H2,1-2H3,(H2,14,17,18). The molecule has 0 atom stereocenters. The molecular weight excluding hydrogens is 302 g/mol. The van der Waals surface area contributed by atoms with Crippen molar-refractivity contribution in [3.8, 4) is 5.75 Å². The molecule has 0 spiro atoms. The van der Waals surface area contributed by atoms with Crippen LogP contribution in [0.2, 0.25) is 5.02 Å². The largest absolute Gasteiger partial charge is 0.486 e. The molecule has 8 heteroatoms. The Kier molecular flexibility index (Phi) is 4.03. The Labute approximate surface area is 122 Å². The third-order valence-corrected chi connectivity index (χ3v) is 3.88. The van der Waals surface area contributed by atoms with Crippen molar-refractivity contribution in [1.82, 2.24) is 9.78 Å². The second kappa shape index (κ2) is 5.43. The zero-order valence-electron chi connectivity index (χ0n) is 11.0. The van der Waals surface area contributed by atoms with Crippen LogP contribution >= 0.6 is 11.6 Å². The maximum absolute atomic E-state index is 11.5. The number of rotatable bonds is 4. The highest BCUT2D eigenvalue weighted by atomic mass is 35.5. The zero-order valence-corrected chi connectivity index (χ0v) is 12.6. The van der Waals surface area contributed by atoms with E-state index in [2.05, 4.69) is 5.10 Å². The van der Waals surface area contributed by atoms with E-state index in [1.165, 1.54) is 18.2 Å². The fraction of sp³-hybridized carbons (Fsp3) is 0.250. The van der Waals surface area contributed by atoms with Crippen molar-refractivity contribution in [3.05, 3.63) is 40.7 Å². The summed E-state index contributed by atoms with van der Waals surface area (Å²) >= 11 is 5.85. The Hall–Kier alpha value is -1.57. The van der Waals surface area contributed by atoms with Gasteiger partial charge in [-0.2, -0.15) is 5.10 Å². The van der Waals surface area contributed by atoms with Crippen LogP contribution in [0.3, 0.4) is 0 Å². The average Bonchev–Trinajstić information content (AvgIpc) is 2.63. The summed E-state index contributed by atoms with van der Waals surface area (Å²) in [6.07, 6.45) is 1.84. The third kappa shape index (κ3) is 3.30. The Morgan fingerprint density at radius 1 is 1.45 bits per heavy atom. The van der Waals surface area contributed by atoms with Crippen molar-refractivity contribution in [1.29, 1.82) is 0 Å². The Balaban J connectivity index is 2.29. The zero-order chi connectivity index (χ0) is 14.9. The van der Waals surface area contributed by atoms with E-state index in [1.54, 1.807) is 11.7 Å². The molecule has 2 N–H and O–H groups in total. The third-order valence-electron chi connectivity index (χ3n) is 2.69. The summed E-state index contributed by atoms with van der Waals surface area (Å²) in [5, 5.41) is 9.72. The van der Waals surface area contributed by atoms with Gasteiger partial charge in [0.1, 0.15) is 22.9 Å². The van der Waals surface area contributed by atoms with E-state index in [1.807, 2.05) is 13.1 Å². The molecule has 0 aliphatic heterocycles. The monoisotopic (exact) mass is 315 g/mol. The van der Waals surface area contributed by atoms with Gasteiger partial charge in [0, 0.05) is 24.3 Å². The van der Waals surface area contributed by atoms with Gasteiger partial charge < -0.3 is 4.74 Å². The topological polar surface area (TPSA) is 87.2 Å². The van der Waals surface area contributed by atoms with E-state index in [4.69, 9.17) is 21.5 Å². The summed E-state index contributed by atoms with van der Waals surface area (Å²) in [4.78, 5) is -0.101. The predicted molar refractivity (Wildman–Crippen MR) is 75.1 cm³/mol. The maximum atomic E-state index is 11.5. The average molecular weight is 316 g/mol. The van der Waals surface area contributed by atoms with Crippen LogP contribution in [-0.2, 0) is 23.7 Å². The smallest absolute Gasteiger partial charge is 0.241 e. The fourth-order valence-electron chi connectivity index (χ4n) is 1.77. The van der Waals surface area contributed by atoms with E-state index in [0.717, 1.165) is 5.56 Å². The van der Waals surface area contributed by atoms with Gasteiger partial charge in [0.05, 0.1) is 0 Å². The minimum Gasteiger partial charge on any atom is -0.486 e.